The van der Waals surface area contributed by atoms with Gasteiger partial charge in [-0.15, -0.1) is 0 Å². The van der Waals surface area contributed by atoms with Crippen LogP contribution in [-0.2, 0) is 4.74 Å². The second kappa shape index (κ2) is 3.68. The van der Waals surface area contributed by atoms with Crippen LogP contribution in [0.25, 0.3) is 0 Å². The molecule has 1 aliphatic rings. The standard InChI is InChI=1S/C7H17N3O2/c1-7(8,9)12-6-2-5(4-11)10-3-6/h5-6,10-11H,2-4,8-9H2,1H3. The maximum atomic E-state index is 8.80. The van der Waals surface area contributed by atoms with Crippen molar-refractivity contribution < 1.29 is 9.84 Å². The van der Waals surface area contributed by atoms with E-state index in [1.165, 1.54) is 0 Å². The van der Waals surface area contributed by atoms with Crippen molar-refractivity contribution in [3.8, 4) is 0 Å². The Morgan fingerprint density at radius 1 is 1.67 bits per heavy atom. The van der Waals surface area contributed by atoms with E-state index in [2.05, 4.69) is 5.32 Å². The van der Waals surface area contributed by atoms with Gasteiger partial charge < -0.3 is 15.2 Å². The minimum atomic E-state index is -1.07. The van der Waals surface area contributed by atoms with Gasteiger partial charge >= 0.3 is 0 Å². The van der Waals surface area contributed by atoms with Crippen LogP contribution >= 0.6 is 0 Å². The molecule has 2 unspecified atom stereocenters. The van der Waals surface area contributed by atoms with Crippen molar-refractivity contribution in [3.63, 3.8) is 0 Å². The Labute approximate surface area is 72.1 Å². The number of rotatable bonds is 3. The molecule has 6 N–H and O–H groups in total. The zero-order valence-electron chi connectivity index (χ0n) is 7.29. The summed E-state index contributed by atoms with van der Waals surface area (Å²) in [6, 6.07) is 0.123. The van der Waals surface area contributed by atoms with Crippen LogP contribution in [0.4, 0.5) is 0 Å². The summed E-state index contributed by atoms with van der Waals surface area (Å²) in [7, 11) is 0. The van der Waals surface area contributed by atoms with Crippen LogP contribution in [0.2, 0.25) is 0 Å². The normalized spacial score (nSPS) is 31.0. The number of aliphatic hydroxyl groups is 1. The fourth-order valence-corrected chi connectivity index (χ4v) is 1.37. The lowest BCUT2D eigenvalue weighted by Crippen LogP contribution is -2.51. The lowest BCUT2D eigenvalue weighted by atomic mass is 10.2. The Morgan fingerprint density at radius 3 is 2.75 bits per heavy atom. The average Bonchev–Trinajstić information content (AvgIpc) is 2.32. The number of aliphatic hydroxyl groups excluding tert-OH is 1. The smallest absolute Gasteiger partial charge is 0.167 e. The first kappa shape index (κ1) is 9.88. The van der Waals surface area contributed by atoms with E-state index in [0.29, 0.717) is 6.54 Å². The van der Waals surface area contributed by atoms with Crippen molar-refractivity contribution in [3.05, 3.63) is 0 Å². The van der Waals surface area contributed by atoms with Crippen LogP contribution < -0.4 is 16.8 Å². The van der Waals surface area contributed by atoms with Gasteiger partial charge in [0.25, 0.3) is 0 Å². The summed E-state index contributed by atoms with van der Waals surface area (Å²) in [5.74, 6) is -1.07. The number of hydrogen-bond donors (Lipinski definition) is 4. The molecule has 0 aromatic rings. The van der Waals surface area contributed by atoms with E-state index in [1.54, 1.807) is 6.92 Å². The van der Waals surface area contributed by atoms with E-state index in [0.717, 1.165) is 6.42 Å². The highest BCUT2D eigenvalue weighted by Gasteiger charge is 2.27. The minimum absolute atomic E-state index is 0.0159. The van der Waals surface area contributed by atoms with Gasteiger partial charge in [0, 0.05) is 12.6 Å². The molecule has 0 aromatic carbocycles. The van der Waals surface area contributed by atoms with Crippen LogP contribution in [-0.4, -0.2) is 36.3 Å². The lowest BCUT2D eigenvalue weighted by Gasteiger charge is -2.23. The fraction of sp³-hybridized carbons (Fsp3) is 1.00. The first-order valence-corrected chi connectivity index (χ1v) is 4.11. The van der Waals surface area contributed by atoms with Crippen LogP contribution in [0.15, 0.2) is 0 Å². The maximum Gasteiger partial charge on any atom is 0.167 e. The SMILES string of the molecule is CC(N)(N)OC1CNC(CO)C1. The molecule has 1 heterocycles. The van der Waals surface area contributed by atoms with E-state index in [9.17, 15) is 0 Å². The van der Waals surface area contributed by atoms with Crippen LogP contribution in [0.3, 0.4) is 0 Å². The molecule has 0 bridgehead atoms. The number of nitrogens with one attached hydrogen (secondary N) is 1. The molecule has 1 aliphatic heterocycles. The van der Waals surface area contributed by atoms with Crippen molar-refractivity contribution in [1.29, 1.82) is 0 Å². The zero-order valence-corrected chi connectivity index (χ0v) is 7.29. The predicted octanol–water partition coefficient (Wildman–Crippen LogP) is -1.68. The Morgan fingerprint density at radius 2 is 2.33 bits per heavy atom. The van der Waals surface area contributed by atoms with E-state index in [-0.39, 0.29) is 18.8 Å². The third-order valence-corrected chi connectivity index (χ3v) is 1.82. The van der Waals surface area contributed by atoms with Gasteiger partial charge in [-0.3, -0.25) is 11.5 Å². The van der Waals surface area contributed by atoms with Crippen LogP contribution in [0.1, 0.15) is 13.3 Å². The van der Waals surface area contributed by atoms with E-state index >= 15 is 0 Å². The van der Waals surface area contributed by atoms with Crippen molar-refractivity contribution in [2.45, 2.75) is 31.3 Å². The molecule has 2 atom stereocenters. The maximum absolute atomic E-state index is 8.80. The molecule has 72 valence electrons. The van der Waals surface area contributed by atoms with Crippen LogP contribution in [0, 0.1) is 0 Å². The summed E-state index contributed by atoms with van der Waals surface area (Å²) in [4.78, 5) is 0. The topological polar surface area (TPSA) is 93.5 Å². The number of ether oxygens (including phenoxy) is 1. The highest BCUT2D eigenvalue weighted by Crippen LogP contribution is 2.12. The predicted molar refractivity (Wildman–Crippen MR) is 45.1 cm³/mol. The van der Waals surface area contributed by atoms with Crippen molar-refractivity contribution in [1.82, 2.24) is 5.32 Å². The summed E-state index contributed by atoms with van der Waals surface area (Å²) < 4.78 is 5.31. The molecule has 0 aromatic heterocycles. The van der Waals surface area contributed by atoms with Gasteiger partial charge in [-0.1, -0.05) is 0 Å². The molecule has 0 radical (unpaired) electrons. The molecule has 12 heavy (non-hydrogen) atoms. The first-order valence-electron chi connectivity index (χ1n) is 4.11. The Kier molecular flexibility index (Phi) is 3.03. The summed E-state index contributed by atoms with van der Waals surface area (Å²) in [6.07, 6.45) is 0.780. The van der Waals surface area contributed by atoms with Gasteiger partial charge in [-0.2, -0.15) is 0 Å². The Balaban J connectivity index is 2.28. The minimum Gasteiger partial charge on any atom is -0.395 e. The highest BCUT2D eigenvalue weighted by molar-refractivity contribution is 4.82. The monoisotopic (exact) mass is 175 g/mol. The molecular weight excluding hydrogens is 158 g/mol. The van der Waals surface area contributed by atoms with Crippen molar-refractivity contribution in [2.24, 2.45) is 11.5 Å². The largest absolute Gasteiger partial charge is 0.395 e. The lowest BCUT2D eigenvalue weighted by molar-refractivity contribution is -0.0678. The van der Waals surface area contributed by atoms with Gasteiger partial charge in [-0.25, -0.2) is 0 Å². The summed E-state index contributed by atoms with van der Waals surface area (Å²) in [6.45, 7) is 2.44. The zero-order chi connectivity index (χ0) is 9.19. The second-order valence-electron chi connectivity index (χ2n) is 3.45. The first-order chi connectivity index (χ1) is 5.51. The third-order valence-electron chi connectivity index (χ3n) is 1.82. The van der Waals surface area contributed by atoms with E-state index < -0.39 is 5.85 Å². The van der Waals surface area contributed by atoms with Gasteiger partial charge in [0.15, 0.2) is 5.85 Å². The fourth-order valence-electron chi connectivity index (χ4n) is 1.37. The third kappa shape index (κ3) is 3.04. The molecule has 0 saturated carbocycles. The Bertz CT molecular complexity index is 146. The second-order valence-corrected chi connectivity index (χ2v) is 3.45. The van der Waals surface area contributed by atoms with Gasteiger partial charge in [0.1, 0.15) is 0 Å². The van der Waals surface area contributed by atoms with Gasteiger partial charge in [0.2, 0.25) is 0 Å². The average molecular weight is 175 g/mol. The molecular formula is C7H17N3O2. The molecule has 1 rings (SSSR count). The molecule has 0 amide bonds. The van der Waals surface area contributed by atoms with E-state index in [4.69, 9.17) is 21.3 Å². The highest BCUT2D eigenvalue weighted by atomic mass is 16.5. The molecule has 0 aliphatic carbocycles. The molecule has 0 spiro atoms. The number of nitrogens with two attached hydrogens (primary N) is 2. The summed E-state index contributed by atoms with van der Waals surface area (Å²) in [5.41, 5.74) is 10.9. The molecule has 1 fully saturated rings. The summed E-state index contributed by atoms with van der Waals surface area (Å²) in [5, 5.41) is 11.9. The molecule has 5 heteroatoms. The number of hydrogen-bond acceptors (Lipinski definition) is 5. The van der Waals surface area contributed by atoms with Crippen LogP contribution in [0.5, 0.6) is 0 Å². The quantitative estimate of drug-likeness (QED) is 0.384. The van der Waals surface area contributed by atoms with Gasteiger partial charge in [-0.05, 0) is 13.3 Å². The summed E-state index contributed by atoms with van der Waals surface area (Å²) >= 11 is 0. The Hall–Kier alpha value is -0.200. The van der Waals surface area contributed by atoms with E-state index in [1.807, 2.05) is 0 Å². The van der Waals surface area contributed by atoms with Crippen molar-refractivity contribution in [2.75, 3.05) is 13.2 Å². The molecule has 5 nitrogen and oxygen atoms in total. The van der Waals surface area contributed by atoms with Crippen molar-refractivity contribution >= 4 is 0 Å². The van der Waals surface area contributed by atoms with Gasteiger partial charge in [0.05, 0.1) is 12.7 Å². The molecule has 1 saturated heterocycles.